The van der Waals surface area contributed by atoms with Crippen molar-refractivity contribution >= 4 is 29.6 Å². The lowest BCUT2D eigenvalue weighted by Crippen LogP contribution is -2.54. The monoisotopic (exact) mass is 498 g/mol. The average molecular weight is 499 g/mol. The number of benzene rings is 3. The SMILES string of the molecule is Cc1ccc(N2C(=O)NC(=O)/C(=C/c3ccccc3OCCOc3ccc(C(C)(C)C)cc3)C2=O)cc1. The van der Waals surface area contributed by atoms with Gasteiger partial charge in [-0.3, -0.25) is 14.9 Å². The number of rotatable bonds is 7. The third-order valence-corrected chi connectivity index (χ3v) is 5.94. The van der Waals surface area contributed by atoms with E-state index in [1.54, 1.807) is 48.5 Å². The molecule has 0 saturated carbocycles. The summed E-state index contributed by atoms with van der Waals surface area (Å²) in [5, 5.41) is 2.24. The van der Waals surface area contributed by atoms with Crippen LogP contribution >= 0.6 is 0 Å². The fraction of sp³-hybridized carbons (Fsp3) is 0.233. The molecule has 0 bridgehead atoms. The first-order chi connectivity index (χ1) is 17.6. The Hall–Kier alpha value is -4.39. The minimum Gasteiger partial charge on any atom is -0.490 e. The van der Waals surface area contributed by atoms with Gasteiger partial charge in [0.25, 0.3) is 11.8 Å². The molecule has 7 nitrogen and oxygen atoms in total. The van der Waals surface area contributed by atoms with E-state index in [-0.39, 0.29) is 17.6 Å². The van der Waals surface area contributed by atoms with Crippen LogP contribution in [-0.4, -0.2) is 31.1 Å². The van der Waals surface area contributed by atoms with Crippen molar-refractivity contribution in [3.8, 4) is 11.5 Å². The number of hydrogen-bond acceptors (Lipinski definition) is 5. The summed E-state index contributed by atoms with van der Waals surface area (Å²) in [5.74, 6) is -0.219. The van der Waals surface area contributed by atoms with E-state index in [1.807, 2.05) is 19.1 Å². The molecule has 7 heteroatoms. The Morgan fingerprint density at radius 3 is 2.16 bits per heavy atom. The van der Waals surface area contributed by atoms with Gasteiger partial charge in [-0.25, -0.2) is 9.69 Å². The molecule has 1 heterocycles. The van der Waals surface area contributed by atoms with Crippen molar-refractivity contribution < 1.29 is 23.9 Å². The van der Waals surface area contributed by atoms with Crippen molar-refractivity contribution in [2.24, 2.45) is 0 Å². The Kier molecular flexibility index (Phi) is 7.43. The number of hydrogen-bond donors (Lipinski definition) is 1. The van der Waals surface area contributed by atoms with Gasteiger partial charge in [-0.1, -0.05) is 68.8 Å². The second kappa shape index (κ2) is 10.7. The normalized spacial score (nSPS) is 15.1. The predicted octanol–water partition coefficient (Wildman–Crippen LogP) is 5.42. The largest absolute Gasteiger partial charge is 0.490 e. The summed E-state index contributed by atoms with van der Waals surface area (Å²) in [6, 6.07) is 21.2. The molecule has 4 rings (SSSR count). The van der Waals surface area contributed by atoms with E-state index in [0.717, 1.165) is 16.2 Å². The topological polar surface area (TPSA) is 84.9 Å². The Bertz CT molecular complexity index is 1340. The van der Waals surface area contributed by atoms with Gasteiger partial charge in [0.2, 0.25) is 0 Å². The number of nitrogens with one attached hydrogen (secondary N) is 1. The number of aryl methyl sites for hydroxylation is 1. The maximum absolute atomic E-state index is 13.2. The zero-order valence-electron chi connectivity index (χ0n) is 21.4. The van der Waals surface area contributed by atoms with E-state index in [0.29, 0.717) is 23.6 Å². The zero-order valence-corrected chi connectivity index (χ0v) is 21.4. The van der Waals surface area contributed by atoms with Crippen molar-refractivity contribution in [1.29, 1.82) is 0 Å². The molecule has 0 aliphatic carbocycles. The van der Waals surface area contributed by atoms with Gasteiger partial charge in [-0.15, -0.1) is 0 Å². The first kappa shape index (κ1) is 25.7. The maximum atomic E-state index is 13.2. The Morgan fingerprint density at radius 1 is 0.838 bits per heavy atom. The van der Waals surface area contributed by atoms with E-state index in [9.17, 15) is 14.4 Å². The number of para-hydroxylation sites is 1. The highest BCUT2D eigenvalue weighted by Crippen LogP contribution is 2.26. The third kappa shape index (κ3) is 6.06. The van der Waals surface area contributed by atoms with Crippen molar-refractivity contribution in [2.45, 2.75) is 33.1 Å². The summed E-state index contributed by atoms with van der Waals surface area (Å²) in [6.45, 7) is 8.95. The van der Waals surface area contributed by atoms with E-state index < -0.39 is 17.8 Å². The second-order valence-corrected chi connectivity index (χ2v) is 9.80. The molecule has 0 aromatic heterocycles. The molecule has 190 valence electrons. The number of barbiturate groups is 1. The number of amides is 4. The summed E-state index contributed by atoms with van der Waals surface area (Å²) in [7, 11) is 0. The molecular formula is C30H30N2O5. The molecule has 0 atom stereocenters. The molecule has 37 heavy (non-hydrogen) atoms. The second-order valence-electron chi connectivity index (χ2n) is 9.80. The fourth-order valence-corrected chi connectivity index (χ4v) is 3.83. The molecule has 3 aromatic rings. The minimum absolute atomic E-state index is 0.0704. The molecule has 4 amide bonds. The molecule has 1 aliphatic rings. The molecule has 0 radical (unpaired) electrons. The molecule has 1 aliphatic heterocycles. The van der Waals surface area contributed by atoms with Gasteiger partial charge in [-0.05, 0) is 54.3 Å². The van der Waals surface area contributed by atoms with Gasteiger partial charge in [0.05, 0.1) is 5.69 Å². The van der Waals surface area contributed by atoms with Crippen LogP contribution in [0.1, 0.15) is 37.5 Å². The number of carbonyl (C=O) groups is 3. The molecule has 3 aromatic carbocycles. The molecule has 1 saturated heterocycles. The van der Waals surface area contributed by atoms with Crippen LogP contribution in [-0.2, 0) is 15.0 Å². The van der Waals surface area contributed by atoms with Crippen molar-refractivity contribution in [3.63, 3.8) is 0 Å². The lowest BCUT2D eigenvalue weighted by molar-refractivity contribution is -0.122. The summed E-state index contributed by atoms with van der Waals surface area (Å²) in [5.41, 5.74) is 3.03. The highest BCUT2D eigenvalue weighted by Gasteiger charge is 2.36. The molecule has 1 N–H and O–H groups in total. The van der Waals surface area contributed by atoms with E-state index >= 15 is 0 Å². The number of nitrogens with zero attached hydrogens (tertiary/aromatic N) is 1. The van der Waals surface area contributed by atoms with Crippen molar-refractivity contribution in [1.82, 2.24) is 5.32 Å². The van der Waals surface area contributed by atoms with Crippen LogP contribution in [0.25, 0.3) is 6.08 Å². The van der Waals surface area contributed by atoms with Gasteiger partial charge >= 0.3 is 6.03 Å². The number of carbonyl (C=O) groups excluding carboxylic acids is 3. The Balaban J connectivity index is 1.45. The highest BCUT2D eigenvalue weighted by atomic mass is 16.5. The standard InChI is InChI=1S/C30H30N2O5/c1-20-9-13-23(14-10-20)32-28(34)25(27(33)31-29(32)35)19-21-7-5-6-8-26(21)37-18-17-36-24-15-11-22(12-16-24)30(2,3)4/h5-16,19H,17-18H2,1-4H3,(H,31,33,35)/b25-19-. The van der Waals surface area contributed by atoms with Gasteiger partial charge in [0.1, 0.15) is 30.3 Å². The van der Waals surface area contributed by atoms with E-state index in [4.69, 9.17) is 9.47 Å². The van der Waals surface area contributed by atoms with Gasteiger partial charge in [-0.2, -0.15) is 0 Å². The van der Waals surface area contributed by atoms with E-state index in [1.165, 1.54) is 11.6 Å². The van der Waals surface area contributed by atoms with Gasteiger partial charge in [0.15, 0.2) is 0 Å². The number of anilines is 1. The van der Waals surface area contributed by atoms with Gasteiger partial charge < -0.3 is 9.47 Å². The Morgan fingerprint density at radius 2 is 1.49 bits per heavy atom. The summed E-state index contributed by atoms with van der Waals surface area (Å²) < 4.78 is 11.7. The maximum Gasteiger partial charge on any atom is 0.335 e. The van der Waals surface area contributed by atoms with Crippen LogP contribution < -0.4 is 19.7 Å². The van der Waals surface area contributed by atoms with Gasteiger partial charge in [0, 0.05) is 5.56 Å². The minimum atomic E-state index is -0.784. The molecule has 0 unspecified atom stereocenters. The van der Waals surface area contributed by atoms with E-state index in [2.05, 4.69) is 38.2 Å². The van der Waals surface area contributed by atoms with Crippen molar-refractivity contribution in [2.75, 3.05) is 18.1 Å². The van der Waals surface area contributed by atoms with Crippen LogP contribution in [0.3, 0.4) is 0 Å². The summed E-state index contributed by atoms with van der Waals surface area (Å²) in [4.78, 5) is 39.1. The number of ether oxygens (including phenoxy) is 2. The van der Waals surface area contributed by atoms with Crippen molar-refractivity contribution in [3.05, 3.63) is 95.1 Å². The molecular weight excluding hydrogens is 468 g/mol. The highest BCUT2D eigenvalue weighted by molar-refractivity contribution is 6.39. The lowest BCUT2D eigenvalue weighted by atomic mass is 9.87. The third-order valence-electron chi connectivity index (χ3n) is 5.94. The Labute approximate surface area is 216 Å². The quantitative estimate of drug-likeness (QED) is 0.267. The van der Waals surface area contributed by atoms with Crippen LogP contribution in [0.5, 0.6) is 11.5 Å². The zero-order chi connectivity index (χ0) is 26.6. The van der Waals surface area contributed by atoms with Crippen LogP contribution in [0, 0.1) is 6.92 Å². The fourth-order valence-electron chi connectivity index (χ4n) is 3.83. The van der Waals surface area contributed by atoms with Crippen LogP contribution in [0.15, 0.2) is 78.4 Å². The smallest absolute Gasteiger partial charge is 0.335 e. The van der Waals surface area contributed by atoms with Crippen LogP contribution in [0.4, 0.5) is 10.5 Å². The first-order valence-corrected chi connectivity index (χ1v) is 12.1. The summed E-state index contributed by atoms with van der Waals surface area (Å²) in [6.07, 6.45) is 1.44. The average Bonchev–Trinajstić information content (AvgIpc) is 2.86. The van der Waals surface area contributed by atoms with Crippen LogP contribution in [0.2, 0.25) is 0 Å². The molecule has 1 fully saturated rings. The predicted molar refractivity (Wildman–Crippen MR) is 143 cm³/mol. The number of urea groups is 1. The molecule has 0 spiro atoms. The summed E-state index contributed by atoms with van der Waals surface area (Å²) >= 11 is 0. The lowest BCUT2D eigenvalue weighted by Gasteiger charge is -2.26. The number of imide groups is 2. The first-order valence-electron chi connectivity index (χ1n) is 12.1.